The first kappa shape index (κ1) is 15.9. The van der Waals surface area contributed by atoms with E-state index in [0.29, 0.717) is 5.92 Å². The van der Waals surface area contributed by atoms with Crippen LogP contribution in [0.1, 0.15) is 29.9 Å². The van der Waals surface area contributed by atoms with Gasteiger partial charge in [0.15, 0.2) is 5.96 Å². The summed E-state index contributed by atoms with van der Waals surface area (Å²) < 4.78 is 5.20. The topological polar surface area (TPSA) is 62.5 Å². The Hall–Kier alpha value is -1.17. The maximum Gasteiger partial charge on any atom is 0.191 e. The molecule has 0 bridgehead atoms. The van der Waals surface area contributed by atoms with Gasteiger partial charge in [-0.3, -0.25) is 4.99 Å². The molecule has 108 valence electrons. The molecule has 6 heteroatoms. The van der Waals surface area contributed by atoms with Crippen LogP contribution in [0.2, 0.25) is 0 Å². The monoisotopic (exact) mass is 284 g/mol. The smallest absolute Gasteiger partial charge is 0.191 e. The number of aliphatic imine (C=N–C) groups is 1. The van der Waals surface area contributed by atoms with Crippen LogP contribution in [0.15, 0.2) is 9.52 Å². The summed E-state index contributed by atoms with van der Waals surface area (Å²) in [6.07, 6.45) is 2.09. The van der Waals surface area contributed by atoms with Crippen molar-refractivity contribution in [2.24, 2.45) is 4.99 Å². The lowest BCUT2D eigenvalue weighted by atomic mass is 10.00. The first-order chi connectivity index (χ1) is 9.10. The van der Waals surface area contributed by atoms with Gasteiger partial charge in [0.05, 0.1) is 5.69 Å². The fourth-order valence-corrected chi connectivity index (χ4v) is 2.34. The van der Waals surface area contributed by atoms with E-state index >= 15 is 0 Å². The highest BCUT2D eigenvalue weighted by atomic mass is 32.2. The highest BCUT2D eigenvalue weighted by Gasteiger charge is 2.16. The van der Waals surface area contributed by atoms with Gasteiger partial charge in [0.25, 0.3) is 0 Å². The van der Waals surface area contributed by atoms with Gasteiger partial charge in [-0.25, -0.2) is 0 Å². The van der Waals surface area contributed by atoms with E-state index < -0.39 is 0 Å². The quantitative estimate of drug-likeness (QED) is 0.475. The lowest BCUT2D eigenvalue weighted by Gasteiger charge is -2.15. The van der Waals surface area contributed by atoms with Crippen LogP contribution in [0.4, 0.5) is 0 Å². The summed E-state index contributed by atoms with van der Waals surface area (Å²) in [6, 6.07) is 0. The number of nitrogens with zero attached hydrogens (tertiary/aromatic N) is 2. The second-order valence-electron chi connectivity index (χ2n) is 4.51. The molecule has 0 fully saturated rings. The van der Waals surface area contributed by atoms with Gasteiger partial charge in [0.2, 0.25) is 0 Å². The zero-order valence-electron chi connectivity index (χ0n) is 12.4. The molecule has 1 aromatic heterocycles. The number of hydrogen-bond donors (Lipinski definition) is 2. The van der Waals surface area contributed by atoms with Gasteiger partial charge < -0.3 is 15.2 Å². The molecular formula is C13H24N4OS. The molecule has 1 rings (SSSR count). The molecule has 5 nitrogen and oxygen atoms in total. The number of thioether (sulfide) groups is 1. The summed E-state index contributed by atoms with van der Waals surface area (Å²) in [7, 11) is 1.79. The predicted molar refractivity (Wildman–Crippen MR) is 82.1 cm³/mol. The van der Waals surface area contributed by atoms with E-state index in [1.54, 1.807) is 7.05 Å². The van der Waals surface area contributed by atoms with E-state index in [2.05, 4.69) is 34.0 Å². The molecule has 0 radical (unpaired) electrons. The van der Waals surface area contributed by atoms with Crippen LogP contribution in [0.3, 0.4) is 0 Å². The Labute approximate surface area is 119 Å². The molecule has 0 spiro atoms. The zero-order chi connectivity index (χ0) is 14.3. The molecule has 0 saturated heterocycles. The first-order valence-electron chi connectivity index (χ1n) is 6.46. The highest BCUT2D eigenvalue weighted by Crippen LogP contribution is 2.22. The largest absolute Gasteiger partial charge is 0.361 e. The van der Waals surface area contributed by atoms with Gasteiger partial charge in [0, 0.05) is 37.4 Å². The fraction of sp³-hybridized carbons (Fsp3) is 0.692. The predicted octanol–water partition coefficient (Wildman–Crippen LogP) is 1.92. The van der Waals surface area contributed by atoms with Crippen molar-refractivity contribution in [3.8, 4) is 0 Å². The summed E-state index contributed by atoms with van der Waals surface area (Å²) in [5, 5.41) is 10.6. The molecule has 0 saturated carbocycles. The number of rotatable bonds is 6. The van der Waals surface area contributed by atoms with Crippen molar-refractivity contribution in [2.45, 2.75) is 26.7 Å². The molecule has 1 aromatic rings. The minimum absolute atomic E-state index is 0.338. The Bertz CT molecular complexity index is 397. The molecule has 0 aromatic carbocycles. The summed E-state index contributed by atoms with van der Waals surface area (Å²) in [6.45, 7) is 7.82. The molecular weight excluding hydrogens is 260 g/mol. The highest BCUT2D eigenvalue weighted by molar-refractivity contribution is 7.98. The zero-order valence-corrected chi connectivity index (χ0v) is 13.2. The maximum atomic E-state index is 5.20. The van der Waals surface area contributed by atoms with E-state index in [0.717, 1.165) is 36.3 Å². The summed E-state index contributed by atoms with van der Waals surface area (Å²) in [5.41, 5.74) is 2.16. The van der Waals surface area contributed by atoms with Crippen molar-refractivity contribution >= 4 is 17.7 Å². The number of nitrogens with one attached hydrogen (secondary N) is 2. The van der Waals surface area contributed by atoms with Crippen LogP contribution < -0.4 is 10.6 Å². The fourth-order valence-electron chi connectivity index (χ4n) is 2.04. The van der Waals surface area contributed by atoms with Crippen molar-refractivity contribution in [3.63, 3.8) is 0 Å². The molecule has 0 aliphatic heterocycles. The van der Waals surface area contributed by atoms with Gasteiger partial charge in [0.1, 0.15) is 5.76 Å². The molecule has 1 atom stereocenters. The molecule has 2 N–H and O–H groups in total. The Morgan fingerprint density at radius 3 is 2.68 bits per heavy atom. The molecule has 1 heterocycles. The van der Waals surface area contributed by atoms with Crippen molar-refractivity contribution in [1.82, 2.24) is 15.8 Å². The SMILES string of the molecule is CN=C(NCCSC)NCC(C)c1c(C)noc1C. The van der Waals surface area contributed by atoms with E-state index in [9.17, 15) is 0 Å². The Morgan fingerprint density at radius 1 is 1.42 bits per heavy atom. The number of guanidine groups is 1. The third-order valence-electron chi connectivity index (χ3n) is 2.98. The first-order valence-corrected chi connectivity index (χ1v) is 7.85. The molecule has 0 amide bonds. The van der Waals surface area contributed by atoms with Crippen LogP contribution in [0, 0.1) is 13.8 Å². The van der Waals surface area contributed by atoms with Crippen LogP contribution in [-0.4, -0.2) is 43.3 Å². The van der Waals surface area contributed by atoms with E-state index in [1.807, 2.05) is 25.6 Å². The summed E-state index contributed by atoms with van der Waals surface area (Å²) >= 11 is 1.81. The summed E-state index contributed by atoms with van der Waals surface area (Å²) in [4.78, 5) is 4.20. The van der Waals surface area contributed by atoms with Gasteiger partial charge in [-0.1, -0.05) is 12.1 Å². The molecule has 0 aliphatic rings. The Balaban J connectivity index is 2.47. The van der Waals surface area contributed by atoms with Gasteiger partial charge in [-0.2, -0.15) is 11.8 Å². The van der Waals surface area contributed by atoms with E-state index in [1.165, 1.54) is 5.56 Å². The standard InChI is InChI=1S/C13H24N4OS/c1-9(12-10(2)17-18-11(12)3)8-16-13(14-4)15-6-7-19-5/h9H,6-8H2,1-5H3,(H2,14,15,16). The van der Waals surface area contributed by atoms with Crippen LogP contribution in [0.5, 0.6) is 0 Å². The van der Waals surface area contributed by atoms with Crippen LogP contribution in [0.25, 0.3) is 0 Å². The number of hydrogen-bond acceptors (Lipinski definition) is 4. The number of aryl methyl sites for hydroxylation is 2. The minimum Gasteiger partial charge on any atom is -0.361 e. The van der Waals surface area contributed by atoms with Crippen LogP contribution >= 0.6 is 11.8 Å². The average Bonchev–Trinajstić information content (AvgIpc) is 2.73. The van der Waals surface area contributed by atoms with Crippen LogP contribution in [-0.2, 0) is 0 Å². The molecule has 0 aliphatic carbocycles. The van der Waals surface area contributed by atoms with Gasteiger partial charge in [-0.05, 0) is 20.1 Å². The normalized spacial score (nSPS) is 13.4. The van der Waals surface area contributed by atoms with E-state index in [4.69, 9.17) is 4.52 Å². The average molecular weight is 284 g/mol. The van der Waals surface area contributed by atoms with Crippen molar-refractivity contribution in [3.05, 3.63) is 17.0 Å². The van der Waals surface area contributed by atoms with E-state index in [-0.39, 0.29) is 0 Å². The Kier molecular flexibility index (Phi) is 6.77. The molecule has 1 unspecified atom stereocenters. The third kappa shape index (κ3) is 4.78. The Morgan fingerprint density at radius 2 is 2.16 bits per heavy atom. The maximum absolute atomic E-state index is 5.20. The van der Waals surface area contributed by atoms with Gasteiger partial charge in [-0.15, -0.1) is 0 Å². The van der Waals surface area contributed by atoms with Crippen molar-refractivity contribution < 1.29 is 4.52 Å². The second kappa shape index (κ2) is 8.09. The third-order valence-corrected chi connectivity index (χ3v) is 3.59. The van der Waals surface area contributed by atoms with Crippen molar-refractivity contribution in [1.29, 1.82) is 0 Å². The lowest BCUT2D eigenvalue weighted by molar-refractivity contribution is 0.391. The lowest BCUT2D eigenvalue weighted by Crippen LogP contribution is -2.40. The minimum atomic E-state index is 0.338. The molecule has 19 heavy (non-hydrogen) atoms. The van der Waals surface area contributed by atoms with Gasteiger partial charge >= 0.3 is 0 Å². The second-order valence-corrected chi connectivity index (χ2v) is 5.50. The summed E-state index contributed by atoms with van der Waals surface area (Å²) in [5.74, 6) is 3.15. The number of aromatic nitrogens is 1. The van der Waals surface area contributed by atoms with Crippen molar-refractivity contribution in [2.75, 3.05) is 32.1 Å².